The molecule has 1 amide bonds. The summed E-state index contributed by atoms with van der Waals surface area (Å²) < 4.78 is 0. The Morgan fingerprint density at radius 2 is 1.81 bits per heavy atom. The van der Waals surface area contributed by atoms with Crippen LogP contribution in [0.4, 0.5) is 0 Å². The summed E-state index contributed by atoms with van der Waals surface area (Å²) in [4.78, 5) is 26.4. The first-order valence-corrected chi connectivity index (χ1v) is 7.62. The molecular weight excluding hydrogens is 264 g/mol. The van der Waals surface area contributed by atoms with E-state index in [0.29, 0.717) is 19.6 Å². The van der Waals surface area contributed by atoms with E-state index < -0.39 is 0 Å². The van der Waals surface area contributed by atoms with Crippen LogP contribution < -0.4 is 5.73 Å². The fourth-order valence-electron chi connectivity index (χ4n) is 2.73. The maximum absolute atomic E-state index is 12.5. The minimum absolute atomic E-state index is 0.0324. The van der Waals surface area contributed by atoms with Crippen molar-refractivity contribution in [2.24, 2.45) is 17.6 Å². The van der Waals surface area contributed by atoms with Crippen LogP contribution in [-0.2, 0) is 4.79 Å². The fourth-order valence-corrected chi connectivity index (χ4v) is 2.73. The Morgan fingerprint density at radius 1 is 1.24 bits per heavy atom. The van der Waals surface area contributed by atoms with Gasteiger partial charge in [0, 0.05) is 37.0 Å². The number of hydrogen-bond donors (Lipinski definition) is 1. The first kappa shape index (κ1) is 15.7. The lowest BCUT2D eigenvalue weighted by Crippen LogP contribution is -2.44. The topological polar surface area (TPSA) is 63.4 Å². The summed E-state index contributed by atoms with van der Waals surface area (Å²) in [6.07, 6.45) is 1.49. The molecule has 0 aliphatic carbocycles. The van der Waals surface area contributed by atoms with E-state index in [4.69, 9.17) is 5.73 Å². The molecule has 4 heteroatoms. The number of hydrogen-bond acceptors (Lipinski definition) is 3. The van der Waals surface area contributed by atoms with Crippen LogP contribution >= 0.6 is 0 Å². The van der Waals surface area contributed by atoms with E-state index >= 15 is 0 Å². The summed E-state index contributed by atoms with van der Waals surface area (Å²) in [5, 5.41) is 0. The van der Waals surface area contributed by atoms with Gasteiger partial charge >= 0.3 is 0 Å². The molecule has 1 unspecified atom stereocenters. The highest BCUT2D eigenvalue weighted by Gasteiger charge is 2.29. The Balaban J connectivity index is 1.93. The van der Waals surface area contributed by atoms with Gasteiger partial charge in [0.1, 0.15) is 0 Å². The van der Waals surface area contributed by atoms with E-state index in [-0.39, 0.29) is 23.5 Å². The van der Waals surface area contributed by atoms with Crippen LogP contribution in [0.3, 0.4) is 0 Å². The van der Waals surface area contributed by atoms with Gasteiger partial charge in [0.25, 0.3) is 0 Å². The van der Waals surface area contributed by atoms with Gasteiger partial charge in [-0.15, -0.1) is 0 Å². The molecule has 0 radical (unpaired) electrons. The lowest BCUT2D eigenvalue weighted by Gasteiger charge is -2.32. The normalized spacial score (nSPS) is 17.6. The Labute approximate surface area is 126 Å². The zero-order valence-corrected chi connectivity index (χ0v) is 12.8. The highest BCUT2D eigenvalue weighted by molar-refractivity contribution is 5.98. The minimum atomic E-state index is -0.130. The molecule has 1 fully saturated rings. The molecule has 2 rings (SSSR count). The lowest BCUT2D eigenvalue weighted by molar-refractivity contribution is -0.135. The molecule has 1 saturated heterocycles. The predicted molar refractivity (Wildman–Crippen MR) is 83.0 cm³/mol. The van der Waals surface area contributed by atoms with E-state index in [2.05, 4.69) is 0 Å². The molecular formula is C17H24N2O2. The first-order valence-electron chi connectivity index (χ1n) is 7.62. The Hall–Kier alpha value is -1.68. The zero-order valence-electron chi connectivity index (χ0n) is 12.8. The lowest BCUT2D eigenvalue weighted by atomic mass is 9.88. The zero-order chi connectivity index (χ0) is 15.4. The molecule has 1 atom stereocenters. The second-order valence-corrected chi connectivity index (χ2v) is 5.97. The van der Waals surface area contributed by atoms with Crippen molar-refractivity contribution in [3.8, 4) is 0 Å². The van der Waals surface area contributed by atoms with Gasteiger partial charge in [0.2, 0.25) is 5.91 Å². The Morgan fingerprint density at radius 3 is 2.33 bits per heavy atom. The molecule has 1 aromatic rings. The minimum Gasteiger partial charge on any atom is -0.342 e. The van der Waals surface area contributed by atoms with Crippen molar-refractivity contribution in [2.75, 3.05) is 19.6 Å². The predicted octanol–water partition coefficient (Wildman–Crippen LogP) is 2.01. The maximum Gasteiger partial charge on any atom is 0.226 e. The number of aryl methyl sites for hydroxylation is 1. The number of nitrogens with two attached hydrogens (primary N) is 1. The molecule has 0 saturated carbocycles. The molecule has 1 aliphatic heterocycles. The van der Waals surface area contributed by atoms with Gasteiger partial charge in [-0.05, 0) is 19.8 Å². The van der Waals surface area contributed by atoms with Crippen LogP contribution in [0.5, 0.6) is 0 Å². The molecule has 1 heterocycles. The summed E-state index contributed by atoms with van der Waals surface area (Å²) in [6.45, 7) is 5.56. The first-order chi connectivity index (χ1) is 10.0. The quantitative estimate of drug-likeness (QED) is 0.862. The third kappa shape index (κ3) is 3.70. The number of nitrogens with zero attached hydrogens (tertiary/aromatic N) is 1. The highest BCUT2D eigenvalue weighted by atomic mass is 16.2. The summed E-state index contributed by atoms with van der Waals surface area (Å²) in [6, 6.07) is 7.72. The second kappa shape index (κ2) is 6.85. The number of ketones is 1. The van der Waals surface area contributed by atoms with Crippen molar-refractivity contribution in [3.63, 3.8) is 0 Å². The molecule has 2 N–H and O–H groups in total. The van der Waals surface area contributed by atoms with Crippen molar-refractivity contribution in [1.82, 2.24) is 4.90 Å². The number of carbonyl (C=O) groups is 2. The van der Waals surface area contributed by atoms with Crippen molar-refractivity contribution >= 4 is 11.7 Å². The summed E-state index contributed by atoms with van der Waals surface area (Å²) in [5.41, 5.74) is 7.48. The number of likely N-dealkylation sites (tertiary alicyclic amines) is 1. The smallest absolute Gasteiger partial charge is 0.226 e. The molecule has 1 aromatic carbocycles. The second-order valence-electron chi connectivity index (χ2n) is 5.97. The van der Waals surface area contributed by atoms with Crippen molar-refractivity contribution in [2.45, 2.75) is 26.7 Å². The van der Waals surface area contributed by atoms with E-state index in [1.165, 1.54) is 0 Å². The van der Waals surface area contributed by atoms with E-state index in [1.54, 1.807) is 0 Å². The summed E-state index contributed by atoms with van der Waals surface area (Å²) >= 11 is 0. The SMILES string of the molecule is Cc1ccc(C(=O)C2CCN(C(=O)C(C)CN)CC2)cc1. The standard InChI is InChI=1S/C17H24N2O2/c1-12-3-5-14(6-4-12)16(20)15-7-9-19(10-8-15)17(21)13(2)11-18/h3-6,13,15H,7-11,18H2,1-2H3. The van der Waals surface area contributed by atoms with Gasteiger partial charge in [0.05, 0.1) is 0 Å². The molecule has 1 aliphatic rings. The average Bonchev–Trinajstić information content (AvgIpc) is 2.53. The third-order valence-corrected chi connectivity index (χ3v) is 4.29. The van der Waals surface area contributed by atoms with Gasteiger partial charge in [-0.1, -0.05) is 36.8 Å². The summed E-state index contributed by atoms with van der Waals surface area (Å²) in [7, 11) is 0. The molecule has 0 spiro atoms. The number of amides is 1. The number of Topliss-reactive ketones (excluding diaryl/α,β-unsaturated/α-hetero) is 1. The molecule has 114 valence electrons. The van der Waals surface area contributed by atoms with E-state index in [1.807, 2.05) is 43.0 Å². The van der Waals surface area contributed by atoms with E-state index in [0.717, 1.165) is 24.0 Å². The highest BCUT2D eigenvalue weighted by Crippen LogP contribution is 2.23. The monoisotopic (exact) mass is 288 g/mol. The van der Waals surface area contributed by atoms with E-state index in [9.17, 15) is 9.59 Å². The van der Waals surface area contributed by atoms with Crippen LogP contribution in [-0.4, -0.2) is 36.2 Å². The van der Waals surface area contributed by atoms with Crippen LogP contribution in [0.2, 0.25) is 0 Å². The molecule has 0 aromatic heterocycles. The fraction of sp³-hybridized carbons (Fsp3) is 0.529. The third-order valence-electron chi connectivity index (χ3n) is 4.29. The average molecular weight is 288 g/mol. The van der Waals surface area contributed by atoms with Crippen LogP contribution in [0.1, 0.15) is 35.7 Å². The molecule has 21 heavy (non-hydrogen) atoms. The number of carbonyl (C=O) groups excluding carboxylic acids is 2. The number of rotatable bonds is 4. The van der Waals surface area contributed by atoms with Gasteiger partial charge in [0.15, 0.2) is 5.78 Å². The maximum atomic E-state index is 12.5. The van der Waals surface area contributed by atoms with Crippen molar-refractivity contribution in [3.05, 3.63) is 35.4 Å². The van der Waals surface area contributed by atoms with Crippen LogP contribution in [0, 0.1) is 18.8 Å². The Kier molecular flexibility index (Phi) is 5.12. The largest absolute Gasteiger partial charge is 0.342 e. The van der Waals surface area contributed by atoms with Crippen molar-refractivity contribution in [1.29, 1.82) is 0 Å². The van der Waals surface area contributed by atoms with Gasteiger partial charge in [-0.2, -0.15) is 0 Å². The number of benzene rings is 1. The van der Waals surface area contributed by atoms with Gasteiger partial charge in [-0.25, -0.2) is 0 Å². The van der Waals surface area contributed by atoms with Crippen LogP contribution in [0.25, 0.3) is 0 Å². The molecule has 0 bridgehead atoms. The summed E-state index contributed by atoms with van der Waals surface area (Å²) in [5.74, 6) is 0.215. The van der Waals surface area contributed by atoms with Gasteiger partial charge < -0.3 is 10.6 Å². The van der Waals surface area contributed by atoms with Crippen LogP contribution in [0.15, 0.2) is 24.3 Å². The van der Waals surface area contributed by atoms with Crippen molar-refractivity contribution < 1.29 is 9.59 Å². The van der Waals surface area contributed by atoms with Gasteiger partial charge in [-0.3, -0.25) is 9.59 Å². The number of piperidine rings is 1. The molecule has 4 nitrogen and oxygen atoms in total. The Bertz CT molecular complexity index is 502.